The standard InChI is InChI=1S/C26H19ClN2O4S/c1-14(30)22-23-17-8-4-6-10-20(17)33-26(22,2)28-25-29(23)24(31)21(34-25)13-15-11-12-19(32-15)16-7-3-5-9-18(16)27/h3-13,22-23H,1-2H3/b21-13+/t22-,23-,26-/m1/s1. The van der Waals surface area contributed by atoms with Crippen LogP contribution in [0.15, 0.2) is 74.9 Å². The number of rotatable bonds is 3. The Balaban J connectivity index is 1.53. The van der Waals surface area contributed by atoms with Crippen molar-refractivity contribution < 1.29 is 13.9 Å². The predicted octanol–water partition coefficient (Wildman–Crippen LogP) is 4.19. The highest BCUT2D eigenvalue weighted by atomic mass is 35.5. The summed E-state index contributed by atoms with van der Waals surface area (Å²) in [5, 5.41) is 0.586. The van der Waals surface area contributed by atoms with Crippen LogP contribution >= 0.6 is 22.9 Å². The van der Waals surface area contributed by atoms with Gasteiger partial charge in [-0.15, -0.1) is 0 Å². The quantitative estimate of drug-likeness (QED) is 0.431. The summed E-state index contributed by atoms with van der Waals surface area (Å²) in [4.78, 5) is 31.6. The number of nitrogens with zero attached hydrogens (tertiary/aromatic N) is 2. The van der Waals surface area contributed by atoms with Gasteiger partial charge in [-0.05, 0) is 44.2 Å². The second kappa shape index (κ2) is 7.55. The van der Waals surface area contributed by atoms with Gasteiger partial charge in [0.2, 0.25) is 5.72 Å². The lowest BCUT2D eigenvalue weighted by atomic mass is 9.79. The molecule has 0 saturated heterocycles. The molecule has 0 spiro atoms. The number of aromatic nitrogens is 1. The Morgan fingerprint density at radius 3 is 2.71 bits per heavy atom. The van der Waals surface area contributed by atoms with E-state index >= 15 is 0 Å². The molecule has 0 amide bonds. The molecule has 2 bridgehead atoms. The molecule has 34 heavy (non-hydrogen) atoms. The van der Waals surface area contributed by atoms with Crippen molar-refractivity contribution >= 4 is 34.8 Å². The molecule has 2 aromatic carbocycles. The molecule has 0 unspecified atom stereocenters. The van der Waals surface area contributed by atoms with Gasteiger partial charge in [-0.25, -0.2) is 4.99 Å². The highest BCUT2D eigenvalue weighted by Crippen LogP contribution is 2.47. The van der Waals surface area contributed by atoms with Crippen molar-refractivity contribution in [2.75, 3.05) is 0 Å². The maximum atomic E-state index is 13.6. The van der Waals surface area contributed by atoms with Crippen molar-refractivity contribution in [2.45, 2.75) is 25.6 Å². The van der Waals surface area contributed by atoms with Gasteiger partial charge in [0, 0.05) is 17.2 Å². The van der Waals surface area contributed by atoms with Crippen LogP contribution in [0, 0.1) is 5.92 Å². The molecule has 4 aromatic rings. The number of ketones is 1. The van der Waals surface area contributed by atoms with Crippen LogP contribution in [-0.4, -0.2) is 16.1 Å². The number of fused-ring (bicyclic) bond motifs is 6. The molecule has 0 aliphatic carbocycles. The Morgan fingerprint density at radius 2 is 1.91 bits per heavy atom. The zero-order valence-corrected chi connectivity index (χ0v) is 19.9. The summed E-state index contributed by atoms with van der Waals surface area (Å²) in [5.74, 6) is 1.10. The molecule has 170 valence electrons. The van der Waals surface area contributed by atoms with E-state index in [4.69, 9.17) is 25.7 Å². The third-order valence-electron chi connectivity index (χ3n) is 6.36. The van der Waals surface area contributed by atoms with Gasteiger partial charge in [-0.3, -0.25) is 14.2 Å². The summed E-state index contributed by atoms with van der Waals surface area (Å²) >= 11 is 7.55. The largest absolute Gasteiger partial charge is 0.465 e. The van der Waals surface area contributed by atoms with E-state index in [1.807, 2.05) is 55.5 Å². The Hall–Kier alpha value is -3.42. The highest BCUT2D eigenvalue weighted by molar-refractivity contribution is 7.07. The van der Waals surface area contributed by atoms with Crippen LogP contribution in [0.2, 0.25) is 5.02 Å². The minimum absolute atomic E-state index is 0.0737. The molecule has 2 aliphatic rings. The van der Waals surface area contributed by atoms with E-state index < -0.39 is 17.7 Å². The lowest BCUT2D eigenvalue weighted by Gasteiger charge is -2.45. The average Bonchev–Trinajstić information content (AvgIpc) is 3.37. The SMILES string of the molecule is CC(=O)[C@@H]1[C@H]2c3ccccc3O[C@@]1(C)N=c1s/c(=C/c3ccc(-c4ccccc4Cl)o3)c(=O)n12. The molecule has 6 rings (SSSR count). The van der Waals surface area contributed by atoms with E-state index in [1.165, 1.54) is 18.3 Å². The van der Waals surface area contributed by atoms with Crippen molar-refractivity contribution in [3.05, 3.63) is 96.7 Å². The van der Waals surface area contributed by atoms with Crippen LogP contribution in [0.3, 0.4) is 0 Å². The van der Waals surface area contributed by atoms with Crippen molar-refractivity contribution in [1.82, 2.24) is 4.57 Å². The van der Waals surface area contributed by atoms with E-state index in [-0.39, 0.29) is 11.3 Å². The van der Waals surface area contributed by atoms with E-state index in [1.54, 1.807) is 22.8 Å². The molecule has 3 atom stereocenters. The van der Waals surface area contributed by atoms with E-state index in [0.29, 0.717) is 31.6 Å². The van der Waals surface area contributed by atoms with Crippen molar-refractivity contribution in [3.63, 3.8) is 0 Å². The fourth-order valence-corrected chi connectivity index (χ4v) is 6.23. The van der Waals surface area contributed by atoms with Gasteiger partial charge in [0.25, 0.3) is 5.56 Å². The smallest absolute Gasteiger partial charge is 0.271 e. The van der Waals surface area contributed by atoms with Crippen molar-refractivity contribution in [2.24, 2.45) is 10.9 Å². The number of hydrogen-bond donors (Lipinski definition) is 0. The number of furan rings is 1. The second-order valence-electron chi connectivity index (χ2n) is 8.59. The number of carbonyl (C=O) groups excluding carboxylic acids is 1. The molecule has 0 radical (unpaired) electrons. The van der Waals surface area contributed by atoms with Crippen LogP contribution in [0.5, 0.6) is 5.75 Å². The first kappa shape index (κ1) is 21.1. The molecular weight excluding hydrogens is 472 g/mol. The molecule has 0 N–H and O–H groups in total. The van der Waals surface area contributed by atoms with Gasteiger partial charge in [-0.1, -0.05) is 53.3 Å². The van der Waals surface area contributed by atoms with Crippen molar-refractivity contribution in [1.29, 1.82) is 0 Å². The fraction of sp³-hybridized carbons (Fsp3) is 0.192. The number of thiazole rings is 1. The first-order chi connectivity index (χ1) is 16.4. The molecule has 0 fully saturated rings. The summed E-state index contributed by atoms with van der Waals surface area (Å²) in [6.07, 6.45) is 1.70. The fourth-order valence-electron chi connectivity index (χ4n) is 4.92. The normalized spacial score (nSPS) is 23.0. The lowest BCUT2D eigenvalue weighted by molar-refractivity contribution is -0.132. The number of hydrogen-bond acceptors (Lipinski definition) is 6. The van der Waals surface area contributed by atoms with E-state index in [2.05, 4.69) is 0 Å². The Kier molecular flexibility index (Phi) is 4.69. The van der Waals surface area contributed by atoms with Crippen LogP contribution in [0.25, 0.3) is 17.4 Å². The van der Waals surface area contributed by atoms with Gasteiger partial charge >= 0.3 is 0 Å². The van der Waals surface area contributed by atoms with E-state index in [9.17, 15) is 9.59 Å². The minimum Gasteiger partial charge on any atom is -0.465 e. The van der Waals surface area contributed by atoms with Gasteiger partial charge in [0.1, 0.15) is 29.0 Å². The maximum absolute atomic E-state index is 13.6. The summed E-state index contributed by atoms with van der Waals surface area (Å²) in [6.45, 7) is 3.33. The number of Topliss-reactive ketones (excluding diaryl/α,β-unsaturated/α-hetero) is 1. The van der Waals surface area contributed by atoms with Crippen LogP contribution in [0.4, 0.5) is 0 Å². The van der Waals surface area contributed by atoms with Crippen LogP contribution in [-0.2, 0) is 4.79 Å². The number of ether oxygens (including phenoxy) is 1. The van der Waals surface area contributed by atoms with Crippen LogP contribution < -0.4 is 19.6 Å². The van der Waals surface area contributed by atoms with Gasteiger partial charge in [0.15, 0.2) is 4.80 Å². The van der Waals surface area contributed by atoms with E-state index in [0.717, 1.165) is 11.1 Å². The first-order valence-corrected chi connectivity index (χ1v) is 12.0. The molecule has 8 heteroatoms. The maximum Gasteiger partial charge on any atom is 0.271 e. The molecular formula is C26H19ClN2O4S. The topological polar surface area (TPSA) is 73.8 Å². The summed E-state index contributed by atoms with van der Waals surface area (Å²) < 4.78 is 14.3. The van der Waals surface area contributed by atoms with Gasteiger partial charge in [0.05, 0.1) is 15.6 Å². The van der Waals surface area contributed by atoms with Gasteiger partial charge in [-0.2, -0.15) is 0 Å². The van der Waals surface area contributed by atoms with Crippen LogP contribution in [0.1, 0.15) is 31.2 Å². The number of halogens is 1. The summed E-state index contributed by atoms with van der Waals surface area (Å²) in [6, 6.07) is 18.1. The monoisotopic (exact) mass is 490 g/mol. The predicted molar refractivity (Wildman–Crippen MR) is 130 cm³/mol. The number of benzene rings is 2. The Morgan fingerprint density at radius 1 is 1.15 bits per heavy atom. The molecule has 4 heterocycles. The summed E-state index contributed by atoms with van der Waals surface area (Å²) in [7, 11) is 0. The molecule has 0 saturated carbocycles. The molecule has 2 aliphatic heterocycles. The summed E-state index contributed by atoms with van der Waals surface area (Å²) in [5.41, 5.74) is 0.290. The average molecular weight is 491 g/mol. The zero-order chi connectivity index (χ0) is 23.6. The number of para-hydroxylation sites is 1. The van der Waals surface area contributed by atoms with Gasteiger partial charge < -0.3 is 9.15 Å². The second-order valence-corrected chi connectivity index (χ2v) is 10.0. The first-order valence-electron chi connectivity index (χ1n) is 10.8. The molecule has 2 aromatic heterocycles. The zero-order valence-electron chi connectivity index (χ0n) is 18.3. The highest BCUT2D eigenvalue weighted by Gasteiger charge is 2.53. The Bertz CT molecular complexity index is 1650. The minimum atomic E-state index is -1.08. The molecule has 6 nitrogen and oxygen atoms in total. The third kappa shape index (κ3) is 3.11. The van der Waals surface area contributed by atoms with Crippen molar-refractivity contribution in [3.8, 4) is 17.1 Å². The third-order valence-corrected chi connectivity index (χ3v) is 7.67. The number of carbonyl (C=O) groups is 1. The Labute approximate surface area is 203 Å². The lowest BCUT2D eigenvalue weighted by Crippen LogP contribution is -2.58.